The van der Waals surface area contributed by atoms with Crippen molar-refractivity contribution in [2.75, 3.05) is 19.8 Å². The molecule has 2 heterocycles. The van der Waals surface area contributed by atoms with Gasteiger partial charge in [-0.05, 0) is 38.8 Å². The highest BCUT2D eigenvalue weighted by atomic mass is 16.5. The second-order valence-electron chi connectivity index (χ2n) is 5.87. The maximum absolute atomic E-state index is 12.3. The fourth-order valence-electron chi connectivity index (χ4n) is 2.90. The number of benzene rings is 1. The van der Waals surface area contributed by atoms with Crippen LogP contribution in [-0.2, 0) is 9.53 Å². The lowest BCUT2D eigenvalue weighted by Crippen LogP contribution is -2.35. The maximum atomic E-state index is 12.3. The minimum absolute atomic E-state index is 0.0366. The summed E-state index contributed by atoms with van der Waals surface area (Å²) in [6, 6.07) is 7.61. The molecule has 1 aromatic carbocycles. The highest BCUT2D eigenvalue weighted by molar-refractivity contribution is 5.84. The van der Waals surface area contributed by atoms with Crippen LogP contribution in [0.4, 0.5) is 0 Å². The van der Waals surface area contributed by atoms with E-state index in [1.165, 1.54) is 0 Å². The van der Waals surface area contributed by atoms with Gasteiger partial charge in [0.25, 0.3) is 0 Å². The fourth-order valence-corrected chi connectivity index (χ4v) is 2.90. The van der Waals surface area contributed by atoms with Crippen molar-refractivity contribution in [2.24, 2.45) is 5.92 Å². The largest absolute Gasteiger partial charge is 0.490 e. The molecule has 1 amide bonds. The zero-order chi connectivity index (χ0) is 16.2. The molecule has 5 nitrogen and oxygen atoms in total. The van der Waals surface area contributed by atoms with Crippen molar-refractivity contribution in [3.63, 3.8) is 0 Å². The van der Waals surface area contributed by atoms with Gasteiger partial charge in [-0.1, -0.05) is 12.1 Å². The normalized spacial score (nSPS) is 17.1. The molecular weight excluding hydrogens is 294 g/mol. The second kappa shape index (κ2) is 7.04. The molecule has 0 saturated carbocycles. The van der Waals surface area contributed by atoms with Crippen molar-refractivity contribution < 1.29 is 18.7 Å². The molecule has 0 radical (unpaired) electrons. The molecule has 1 aliphatic rings. The zero-order valence-electron chi connectivity index (χ0n) is 13.6. The molecule has 23 heavy (non-hydrogen) atoms. The third-order valence-electron chi connectivity index (χ3n) is 4.20. The van der Waals surface area contributed by atoms with Crippen LogP contribution in [0.2, 0.25) is 0 Å². The summed E-state index contributed by atoms with van der Waals surface area (Å²) in [5.74, 6) is 1.59. The summed E-state index contributed by atoms with van der Waals surface area (Å²) in [5, 5.41) is 4.03. The number of hydrogen-bond acceptors (Lipinski definition) is 4. The first-order valence-electron chi connectivity index (χ1n) is 8.22. The number of ether oxygens (including phenoxy) is 2. The van der Waals surface area contributed by atoms with Crippen molar-refractivity contribution in [3.8, 4) is 5.75 Å². The number of nitrogens with one attached hydrogen (secondary N) is 1. The second-order valence-corrected chi connectivity index (χ2v) is 5.87. The lowest BCUT2D eigenvalue weighted by molar-refractivity contribution is -0.128. The lowest BCUT2D eigenvalue weighted by Gasteiger charge is -2.22. The van der Waals surface area contributed by atoms with Crippen LogP contribution >= 0.6 is 0 Å². The van der Waals surface area contributed by atoms with Crippen molar-refractivity contribution in [1.82, 2.24) is 5.32 Å². The van der Waals surface area contributed by atoms with E-state index in [1.807, 2.05) is 38.1 Å². The molecule has 5 heteroatoms. The Balaban J connectivity index is 1.74. The summed E-state index contributed by atoms with van der Waals surface area (Å²) < 4.78 is 16.8. The van der Waals surface area contributed by atoms with Gasteiger partial charge in [-0.15, -0.1) is 0 Å². The van der Waals surface area contributed by atoms with Gasteiger partial charge in [-0.3, -0.25) is 4.79 Å². The Bertz CT molecular complexity index is 673. The van der Waals surface area contributed by atoms with Crippen LogP contribution in [0.3, 0.4) is 0 Å². The number of amides is 1. The van der Waals surface area contributed by atoms with Gasteiger partial charge in [-0.2, -0.15) is 0 Å². The van der Waals surface area contributed by atoms with E-state index in [9.17, 15) is 4.79 Å². The summed E-state index contributed by atoms with van der Waals surface area (Å²) >= 11 is 0. The summed E-state index contributed by atoms with van der Waals surface area (Å²) in [6.45, 7) is 5.80. The van der Waals surface area contributed by atoms with E-state index in [-0.39, 0.29) is 17.9 Å². The quantitative estimate of drug-likeness (QED) is 0.917. The maximum Gasteiger partial charge on any atom is 0.223 e. The lowest BCUT2D eigenvalue weighted by atomic mass is 9.99. The van der Waals surface area contributed by atoms with Crippen molar-refractivity contribution in [1.29, 1.82) is 0 Å². The van der Waals surface area contributed by atoms with E-state index in [0.717, 1.165) is 35.3 Å². The Morgan fingerprint density at radius 2 is 2.17 bits per heavy atom. The first-order valence-corrected chi connectivity index (χ1v) is 8.22. The molecule has 0 aliphatic carbocycles. The minimum Gasteiger partial charge on any atom is -0.490 e. The zero-order valence-corrected chi connectivity index (χ0v) is 13.6. The summed E-state index contributed by atoms with van der Waals surface area (Å²) in [7, 11) is 0. The first-order chi connectivity index (χ1) is 11.2. The van der Waals surface area contributed by atoms with E-state index in [2.05, 4.69) is 5.32 Å². The number of rotatable bonds is 5. The highest BCUT2D eigenvalue weighted by Gasteiger charge is 2.24. The standard InChI is InChI=1S/C18H23NO4/c1-3-22-15-6-4-5-14-11-16(23-17(14)15)12(2)19-18(20)13-7-9-21-10-8-13/h4-6,11-13H,3,7-10H2,1-2H3,(H,19,20). The van der Waals surface area contributed by atoms with Gasteiger partial charge in [0.15, 0.2) is 11.3 Å². The molecule has 1 aromatic heterocycles. The third kappa shape index (κ3) is 3.50. The number of fused-ring (bicyclic) bond motifs is 1. The summed E-state index contributed by atoms with van der Waals surface area (Å²) in [5.41, 5.74) is 0.733. The van der Waals surface area contributed by atoms with Crippen LogP contribution in [0.5, 0.6) is 5.75 Å². The van der Waals surface area contributed by atoms with Gasteiger partial charge in [0.1, 0.15) is 5.76 Å². The van der Waals surface area contributed by atoms with Crippen LogP contribution in [0.25, 0.3) is 11.0 Å². The average Bonchev–Trinajstić information content (AvgIpc) is 3.01. The molecule has 1 aliphatic heterocycles. The molecule has 1 atom stereocenters. The topological polar surface area (TPSA) is 60.7 Å². The molecule has 3 rings (SSSR count). The SMILES string of the molecule is CCOc1cccc2cc(C(C)NC(=O)C3CCOCC3)oc12. The predicted molar refractivity (Wildman–Crippen MR) is 87.5 cm³/mol. The van der Waals surface area contributed by atoms with Gasteiger partial charge in [0.2, 0.25) is 5.91 Å². The van der Waals surface area contributed by atoms with Gasteiger partial charge in [-0.25, -0.2) is 0 Å². The molecule has 2 aromatic rings. The van der Waals surface area contributed by atoms with E-state index >= 15 is 0 Å². The van der Waals surface area contributed by atoms with Crippen LogP contribution in [0.15, 0.2) is 28.7 Å². The monoisotopic (exact) mass is 317 g/mol. The first kappa shape index (κ1) is 15.9. The molecular formula is C18H23NO4. The molecule has 0 bridgehead atoms. The number of carbonyl (C=O) groups is 1. The van der Waals surface area contributed by atoms with E-state index in [1.54, 1.807) is 0 Å². The van der Waals surface area contributed by atoms with Crippen molar-refractivity contribution >= 4 is 16.9 Å². The van der Waals surface area contributed by atoms with Gasteiger partial charge < -0.3 is 19.2 Å². The molecule has 0 spiro atoms. The number of furan rings is 1. The Morgan fingerprint density at radius 1 is 1.39 bits per heavy atom. The Kier molecular flexibility index (Phi) is 4.86. The third-order valence-corrected chi connectivity index (χ3v) is 4.20. The van der Waals surface area contributed by atoms with Crippen molar-refractivity contribution in [2.45, 2.75) is 32.7 Å². The fraction of sp³-hybridized carbons (Fsp3) is 0.500. The van der Waals surface area contributed by atoms with Gasteiger partial charge >= 0.3 is 0 Å². The Hall–Kier alpha value is -2.01. The van der Waals surface area contributed by atoms with Crippen LogP contribution in [0.1, 0.15) is 38.5 Å². The number of para-hydroxylation sites is 1. The van der Waals surface area contributed by atoms with Crippen molar-refractivity contribution in [3.05, 3.63) is 30.0 Å². The van der Waals surface area contributed by atoms with E-state index in [0.29, 0.717) is 19.8 Å². The average molecular weight is 317 g/mol. The molecule has 1 unspecified atom stereocenters. The van der Waals surface area contributed by atoms with E-state index < -0.39 is 0 Å². The minimum atomic E-state index is -0.174. The van der Waals surface area contributed by atoms with Crippen LogP contribution in [0, 0.1) is 5.92 Å². The Labute approximate surface area is 135 Å². The van der Waals surface area contributed by atoms with E-state index in [4.69, 9.17) is 13.9 Å². The molecule has 124 valence electrons. The molecule has 1 N–H and O–H groups in total. The molecule has 1 saturated heterocycles. The smallest absolute Gasteiger partial charge is 0.223 e. The summed E-state index contributed by atoms with van der Waals surface area (Å²) in [6.07, 6.45) is 1.57. The molecule has 1 fully saturated rings. The predicted octanol–water partition coefficient (Wildman–Crippen LogP) is 3.44. The van der Waals surface area contributed by atoms with Gasteiger partial charge in [0, 0.05) is 24.5 Å². The number of hydrogen-bond donors (Lipinski definition) is 1. The van der Waals surface area contributed by atoms with Crippen LogP contribution < -0.4 is 10.1 Å². The summed E-state index contributed by atoms with van der Waals surface area (Å²) in [4.78, 5) is 12.3. The van der Waals surface area contributed by atoms with Crippen LogP contribution in [-0.4, -0.2) is 25.7 Å². The number of carbonyl (C=O) groups excluding carboxylic acids is 1. The highest BCUT2D eigenvalue weighted by Crippen LogP contribution is 2.31. The van der Waals surface area contributed by atoms with Gasteiger partial charge in [0.05, 0.1) is 12.6 Å². The Morgan fingerprint density at radius 3 is 2.91 bits per heavy atom.